The van der Waals surface area contributed by atoms with E-state index < -0.39 is 5.91 Å². The lowest BCUT2D eigenvalue weighted by molar-refractivity contribution is -0.117. The van der Waals surface area contributed by atoms with Crippen LogP contribution in [0.4, 0.5) is 5.00 Å². The maximum Gasteiger partial charge on any atom is 0.235 e. The van der Waals surface area contributed by atoms with Crippen molar-refractivity contribution < 1.29 is 9.59 Å². The minimum absolute atomic E-state index is 0.155. The monoisotopic (exact) mass is 420 g/mol. The van der Waals surface area contributed by atoms with E-state index in [1.165, 1.54) is 45.7 Å². The Hall–Kier alpha value is -1.89. The van der Waals surface area contributed by atoms with E-state index in [4.69, 9.17) is 5.73 Å². The van der Waals surface area contributed by atoms with Gasteiger partial charge >= 0.3 is 0 Å². The first-order chi connectivity index (χ1) is 13.0. The summed E-state index contributed by atoms with van der Waals surface area (Å²) in [5.74, 6) is -0.342. The largest absolute Gasteiger partial charge is 0.369 e. The summed E-state index contributed by atoms with van der Waals surface area (Å²) in [6.07, 6.45) is 5.50. The van der Waals surface area contributed by atoms with Crippen molar-refractivity contribution >= 4 is 51.3 Å². The molecule has 2 aromatic rings. The van der Waals surface area contributed by atoms with Crippen LogP contribution in [-0.4, -0.2) is 22.6 Å². The fourth-order valence-corrected chi connectivity index (χ4v) is 6.32. The van der Waals surface area contributed by atoms with Gasteiger partial charge < -0.3 is 11.1 Å². The standard InChI is InChI=1S/C18H20N4O2S3/c1-10-14(7-15(20)23)27-18(21-10)25-9-16(24)22-17-12(8-19)11-5-3-2-4-6-13(11)26-17/h2-7,9H2,1H3,(H2,20,23)(H,22,24). The van der Waals surface area contributed by atoms with Crippen molar-refractivity contribution in [1.29, 1.82) is 5.26 Å². The fourth-order valence-electron chi connectivity index (χ4n) is 3.02. The summed E-state index contributed by atoms with van der Waals surface area (Å²) in [6, 6.07) is 2.27. The topological polar surface area (TPSA) is 109 Å². The van der Waals surface area contributed by atoms with Crippen LogP contribution in [0.5, 0.6) is 0 Å². The number of nitrogens with zero attached hydrogens (tertiary/aromatic N) is 2. The fraction of sp³-hybridized carbons (Fsp3) is 0.444. The maximum atomic E-state index is 12.4. The summed E-state index contributed by atoms with van der Waals surface area (Å²) in [7, 11) is 0. The molecule has 0 atom stereocenters. The number of anilines is 1. The molecule has 0 spiro atoms. The Kier molecular flexibility index (Phi) is 6.52. The molecule has 142 valence electrons. The number of thiazole rings is 1. The number of aromatic nitrogens is 1. The van der Waals surface area contributed by atoms with Crippen molar-refractivity contribution in [2.45, 2.75) is 49.8 Å². The zero-order valence-electron chi connectivity index (χ0n) is 15.0. The molecule has 9 heteroatoms. The average molecular weight is 421 g/mol. The van der Waals surface area contributed by atoms with Gasteiger partial charge in [0.05, 0.1) is 23.4 Å². The summed E-state index contributed by atoms with van der Waals surface area (Å²) in [5, 5.41) is 13.1. The van der Waals surface area contributed by atoms with Crippen LogP contribution in [0.3, 0.4) is 0 Å². The number of primary amides is 1. The zero-order chi connectivity index (χ0) is 19.4. The van der Waals surface area contributed by atoms with Crippen molar-refractivity contribution in [3.8, 4) is 6.07 Å². The number of nitrogens with two attached hydrogens (primary N) is 1. The molecule has 0 fully saturated rings. The number of nitriles is 1. The van der Waals surface area contributed by atoms with Crippen molar-refractivity contribution in [1.82, 2.24) is 4.98 Å². The van der Waals surface area contributed by atoms with Crippen LogP contribution in [0, 0.1) is 18.3 Å². The highest BCUT2D eigenvalue weighted by Crippen LogP contribution is 2.37. The number of carbonyl (C=O) groups is 2. The molecule has 0 unspecified atom stereocenters. The van der Waals surface area contributed by atoms with Gasteiger partial charge in [-0.15, -0.1) is 22.7 Å². The van der Waals surface area contributed by atoms with Crippen molar-refractivity contribution in [3.05, 3.63) is 26.6 Å². The highest BCUT2D eigenvalue weighted by atomic mass is 32.2. The third-order valence-electron chi connectivity index (χ3n) is 4.32. The van der Waals surface area contributed by atoms with Crippen LogP contribution in [0.15, 0.2) is 4.34 Å². The van der Waals surface area contributed by atoms with Gasteiger partial charge in [-0.3, -0.25) is 9.59 Å². The normalized spacial score (nSPS) is 13.5. The van der Waals surface area contributed by atoms with E-state index in [0.717, 1.165) is 46.2 Å². The van der Waals surface area contributed by atoms with E-state index in [-0.39, 0.29) is 18.1 Å². The Morgan fingerprint density at radius 1 is 1.30 bits per heavy atom. The number of hydrogen-bond acceptors (Lipinski definition) is 7. The third kappa shape index (κ3) is 4.89. The number of hydrogen-bond donors (Lipinski definition) is 2. The summed E-state index contributed by atoms with van der Waals surface area (Å²) >= 11 is 4.25. The Morgan fingerprint density at radius 2 is 2.07 bits per heavy atom. The van der Waals surface area contributed by atoms with Gasteiger partial charge in [0.15, 0.2) is 4.34 Å². The van der Waals surface area contributed by atoms with Crippen LogP contribution in [0.1, 0.15) is 45.8 Å². The molecular weight excluding hydrogens is 400 g/mol. The molecule has 3 N–H and O–H groups in total. The summed E-state index contributed by atoms with van der Waals surface area (Å²) in [4.78, 5) is 29.9. The first-order valence-electron chi connectivity index (χ1n) is 8.69. The summed E-state index contributed by atoms with van der Waals surface area (Å²) in [6.45, 7) is 1.83. The zero-order valence-corrected chi connectivity index (χ0v) is 17.4. The van der Waals surface area contributed by atoms with Crippen molar-refractivity contribution in [3.63, 3.8) is 0 Å². The highest BCUT2D eigenvalue weighted by Gasteiger charge is 2.21. The minimum Gasteiger partial charge on any atom is -0.369 e. The predicted molar refractivity (Wildman–Crippen MR) is 109 cm³/mol. The second kappa shape index (κ2) is 8.87. The number of thiophene rings is 1. The molecule has 0 aromatic carbocycles. The third-order valence-corrected chi connectivity index (χ3v) is 7.83. The molecule has 6 nitrogen and oxygen atoms in total. The molecule has 3 rings (SSSR count). The average Bonchev–Trinajstić information content (AvgIpc) is 3.02. The predicted octanol–water partition coefficient (Wildman–Crippen LogP) is 3.41. The quantitative estimate of drug-likeness (QED) is 0.550. The summed E-state index contributed by atoms with van der Waals surface area (Å²) in [5.41, 5.74) is 7.76. The minimum atomic E-state index is -0.391. The number of rotatable bonds is 6. The molecule has 0 bridgehead atoms. The molecule has 1 aliphatic carbocycles. The van der Waals surface area contributed by atoms with Crippen LogP contribution in [0.2, 0.25) is 0 Å². The van der Waals surface area contributed by atoms with E-state index in [2.05, 4.69) is 16.4 Å². The molecule has 0 radical (unpaired) electrons. The highest BCUT2D eigenvalue weighted by molar-refractivity contribution is 8.01. The number of amides is 2. The van der Waals surface area contributed by atoms with Crippen LogP contribution in [-0.2, 0) is 28.9 Å². The van der Waals surface area contributed by atoms with E-state index in [0.29, 0.717) is 10.6 Å². The number of fused-ring (bicyclic) bond motifs is 1. The molecule has 1 aliphatic rings. The smallest absolute Gasteiger partial charge is 0.235 e. The van der Waals surface area contributed by atoms with Crippen molar-refractivity contribution in [2.24, 2.45) is 5.73 Å². The van der Waals surface area contributed by atoms with Crippen LogP contribution >= 0.6 is 34.4 Å². The van der Waals surface area contributed by atoms with E-state index in [9.17, 15) is 14.9 Å². The first-order valence-corrected chi connectivity index (χ1v) is 11.3. The van der Waals surface area contributed by atoms with Gasteiger partial charge in [-0.05, 0) is 38.2 Å². The van der Waals surface area contributed by atoms with E-state index in [1.54, 1.807) is 0 Å². The maximum absolute atomic E-state index is 12.4. The molecule has 0 saturated carbocycles. The van der Waals surface area contributed by atoms with E-state index in [1.807, 2.05) is 6.92 Å². The molecule has 0 aliphatic heterocycles. The van der Waals surface area contributed by atoms with Gasteiger partial charge in [-0.1, -0.05) is 18.2 Å². The lowest BCUT2D eigenvalue weighted by atomic mass is 10.1. The van der Waals surface area contributed by atoms with Gasteiger partial charge in [0.2, 0.25) is 11.8 Å². The van der Waals surface area contributed by atoms with Crippen LogP contribution in [0.25, 0.3) is 0 Å². The number of aryl methyl sites for hydroxylation is 2. The Balaban J connectivity index is 1.63. The molecule has 0 saturated heterocycles. The SMILES string of the molecule is Cc1nc(SCC(=O)Nc2sc3c(c2C#N)CCCCC3)sc1CC(N)=O. The van der Waals surface area contributed by atoms with Gasteiger partial charge in [-0.2, -0.15) is 5.26 Å². The molecule has 27 heavy (non-hydrogen) atoms. The Morgan fingerprint density at radius 3 is 2.81 bits per heavy atom. The van der Waals surface area contributed by atoms with Gasteiger partial charge in [0, 0.05) is 9.75 Å². The lowest BCUT2D eigenvalue weighted by Crippen LogP contribution is -2.13. The van der Waals surface area contributed by atoms with Crippen LogP contribution < -0.4 is 11.1 Å². The van der Waals surface area contributed by atoms with Gasteiger partial charge in [-0.25, -0.2) is 4.98 Å². The number of thioether (sulfide) groups is 1. The number of carbonyl (C=O) groups excluding carboxylic acids is 2. The van der Waals surface area contributed by atoms with Gasteiger partial charge in [0.25, 0.3) is 0 Å². The molecule has 2 amide bonds. The summed E-state index contributed by atoms with van der Waals surface area (Å²) < 4.78 is 0.737. The molecular formula is C18H20N4O2S3. The van der Waals surface area contributed by atoms with E-state index >= 15 is 0 Å². The lowest BCUT2D eigenvalue weighted by Gasteiger charge is -2.03. The second-order valence-electron chi connectivity index (χ2n) is 6.35. The molecule has 2 heterocycles. The van der Waals surface area contributed by atoms with Crippen molar-refractivity contribution in [2.75, 3.05) is 11.1 Å². The molecule has 2 aromatic heterocycles. The van der Waals surface area contributed by atoms with Gasteiger partial charge in [0.1, 0.15) is 11.1 Å². The Labute approximate surface area is 170 Å². The number of nitrogens with one attached hydrogen (secondary N) is 1. The first kappa shape index (κ1) is 19.9. The Bertz CT molecular complexity index is 911. The second-order valence-corrected chi connectivity index (χ2v) is 9.76.